The molecule has 0 saturated carbocycles. The van der Waals surface area contributed by atoms with Crippen LogP contribution in [0.1, 0.15) is 43.4 Å². The molecule has 0 aliphatic carbocycles. The molecule has 4 heteroatoms. The second-order valence-corrected chi connectivity index (χ2v) is 7.72. The number of rotatable bonds is 6. The summed E-state index contributed by atoms with van der Waals surface area (Å²) in [6.45, 7) is 6.87. The Bertz CT molecular complexity index is 767. The molecule has 27 heavy (non-hydrogen) atoms. The first-order chi connectivity index (χ1) is 13.1. The minimum Gasteiger partial charge on any atom is -0.325 e. The van der Waals surface area contributed by atoms with Crippen molar-refractivity contribution in [2.45, 2.75) is 46.1 Å². The third-order valence-electron chi connectivity index (χ3n) is 5.48. The number of halogens is 1. The van der Waals surface area contributed by atoms with Crippen molar-refractivity contribution in [2.24, 2.45) is 5.92 Å². The van der Waals surface area contributed by atoms with E-state index in [-0.39, 0.29) is 11.8 Å². The molecule has 1 saturated heterocycles. The molecule has 0 aromatic heterocycles. The number of hydrogen-bond donors (Lipinski definition) is 1. The second-order valence-electron chi connectivity index (χ2n) is 7.31. The molecule has 0 bridgehead atoms. The Kier molecular flexibility index (Phi) is 6.92. The van der Waals surface area contributed by atoms with E-state index in [1.807, 2.05) is 18.2 Å². The molecular formula is C23H29ClN2O. The largest absolute Gasteiger partial charge is 0.325 e. The van der Waals surface area contributed by atoms with E-state index in [2.05, 4.69) is 48.3 Å². The molecule has 1 atom stereocenters. The van der Waals surface area contributed by atoms with Gasteiger partial charge < -0.3 is 5.32 Å². The fourth-order valence-electron chi connectivity index (χ4n) is 3.91. The van der Waals surface area contributed by atoms with Gasteiger partial charge in [-0.05, 0) is 55.0 Å². The van der Waals surface area contributed by atoms with Gasteiger partial charge in [-0.25, -0.2) is 0 Å². The average Bonchev–Trinajstić information content (AvgIpc) is 2.70. The van der Waals surface area contributed by atoms with Gasteiger partial charge in [0.25, 0.3) is 0 Å². The number of amides is 1. The number of carbonyl (C=O) groups excluding carboxylic acids is 1. The number of benzene rings is 2. The predicted octanol–water partition coefficient (Wildman–Crippen LogP) is 5.32. The van der Waals surface area contributed by atoms with E-state index in [4.69, 9.17) is 11.6 Å². The van der Waals surface area contributed by atoms with Crippen molar-refractivity contribution in [3.8, 4) is 0 Å². The maximum absolute atomic E-state index is 13.0. The van der Waals surface area contributed by atoms with Gasteiger partial charge in [0.15, 0.2) is 0 Å². The van der Waals surface area contributed by atoms with Crippen LogP contribution in [0.2, 0.25) is 5.02 Å². The molecule has 1 amide bonds. The van der Waals surface area contributed by atoms with Crippen molar-refractivity contribution in [2.75, 3.05) is 18.4 Å². The topological polar surface area (TPSA) is 32.3 Å². The minimum absolute atomic E-state index is 0.0239. The summed E-state index contributed by atoms with van der Waals surface area (Å²) < 4.78 is 0. The Hall–Kier alpha value is -1.84. The SMILES string of the molecule is CCc1cccc(CC)c1NC(=O)C1CCCN(Cc2ccccc2Cl)C1. The monoisotopic (exact) mass is 384 g/mol. The second kappa shape index (κ2) is 9.38. The smallest absolute Gasteiger partial charge is 0.228 e. The van der Waals surface area contributed by atoms with Gasteiger partial charge in [0.05, 0.1) is 5.92 Å². The fraction of sp³-hybridized carbons (Fsp3) is 0.435. The van der Waals surface area contributed by atoms with Crippen molar-refractivity contribution in [3.63, 3.8) is 0 Å². The number of carbonyl (C=O) groups is 1. The van der Waals surface area contributed by atoms with E-state index >= 15 is 0 Å². The Morgan fingerprint density at radius 2 is 1.74 bits per heavy atom. The molecule has 1 N–H and O–H groups in total. The highest BCUT2D eigenvalue weighted by atomic mass is 35.5. The highest BCUT2D eigenvalue weighted by Gasteiger charge is 2.27. The van der Waals surface area contributed by atoms with Crippen LogP contribution in [0.5, 0.6) is 0 Å². The van der Waals surface area contributed by atoms with Crippen molar-refractivity contribution in [1.29, 1.82) is 0 Å². The number of anilines is 1. The lowest BCUT2D eigenvalue weighted by molar-refractivity contribution is -0.121. The van der Waals surface area contributed by atoms with Crippen molar-refractivity contribution in [1.82, 2.24) is 4.90 Å². The van der Waals surface area contributed by atoms with Crippen LogP contribution in [0.3, 0.4) is 0 Å². The first-order valence-corrected chi connectivity index (χ1v) is 10.4. The summed E-state index contributed by atoms with van der Waals surface area (Å²) in [6.07, 6.45) is 3.83. The summed E-state index contributed by atoms with van der Waals surface area (Å²) in [5.41, 5.74) is 4.58. The number of likely N-dealkylation sites (tertiary alicyclic amines) is 1. The highest BCUT2D eigenvalue weighted by Crippen LogP contribution is 2.26. The quantitative estimate of drug-likeness (QED) is 0.731. The van der Waals surface area contributed by atoms with Crippen LogP contribution in [0.4, 0.5) is 5.69 Å². The Morgan fingerprint density at radius 3 is 2.41 bits per heavy atom. The van der Waals surface area contributed by atoms with Gasteiger partial charge in [0, 0.05) is 23.8 Å². The Morgan fingerprint density at radius 1 is 1.07 bits per heavy atom. The van der Waals surface area contributed by atoms with Gasteiger partial charge in [0.1, 0.15) is 0 Å². The lowest BCUT2D eigenvalue weighted by atomic mass is 9.95. The van der Waals surface area contributed by atoms with E-state index in [0.29, 0.717) is 0 Å². The number of hydrogen-bond acceptors (Lipinski definition) is 2. The number of aryl methyl sites for hydroxylation is 2. The molecule has 3 rings (SSSR count). The highest BCUT2D eigenvalue weighted by molar-refractivity contribution is 6.31. The van der Waals surface area contributed by atoms with Crippen molar-refractivity contribution >= 4 is 23.2 Å². The van der Waals surface area contributed by atoms with Crippen LogP contribution in [0.15, 0.2) is 42.5 Å². The normalized spacial score (nSPS) is 17.7. The van der Waals surface area contributed by atoms with Crippen molar-refractivity contribution in [3.05, 3.63) is 64.2 Å². The maximum Gasteiger partial charge on any atom is 0.228 e. The zero-order chi connectivity index (χ0) is 19.2. The Labute approximate surface area is 167 Å². The molecule has 2 aromatic carbocycles. The van der Waals surface area contributed by atoms with Gasteiger partial charge in [-0.3, -0.25) is 9.69 Å². The number of nitrogens with one attached hydrogen (secondary N) is 1. The first kappa shape index (κ1) is 19.9. The van der Waals surface area contributed by atoms with Gasteiger partial charge in [-0.15, -0.1) is 0 Å². The molecule has 3 nitrogen and oxygen atoms in total. The zero-order valence-electron chi connectivity index (χ0n) is 16.3. The average molecular weight is 385 g/mol. The summed E-state index contributed by atoms with van der Waals surface area (Å²) in [5, 5.41) is 4.05. The first-order valence-electron chi connectivity index (χ1n) is 9.99. The fourth-order valence-corrected chi connectivity index (χ4v) is 4.10. The van der Waals surface area contributed by atoms with Gasteiger partial charge in [0.2, 0.25) is 5.91 Å². The van der Waals surface area contributed by atoms with Crippen molar-refractivity contribution < 1.29 is 4.79 Å². The molecule has 1 heterocycles. The molecule has 2 aromatic rings. The minimum atomic E-state index is 0.0239. The van der Waals surface area contributed by atoms with Crippen LogP contribution >= 0.6 is 11.6 Å². The number of piperidine rings is 1. The number of nitrogens with zero attached hydrogens (tertiary/aromatic N) is 1. The molecule has 1 fully saturated rings. The summed E-state index contributed by atoms with van der Waals surface area (Å²) in [7, 11) is 0. The van der Waals surface area contributed by atoms with Gasteiger partial charge in [-0.1, -0.05) is 61.8 Å². The third kappa shape index (κ3) is 4.91. The Balaban J connectivity index is 1.68. The summed E-state index contributed by atoms with van der Waals surface area (Å²) in [6, 6.07) is 14.3. The number of para-hydroxylation sites is 1. The molecule has 1 aliphatic heterocycles. The molecule has 1 unspecified atom stereocenters. The molecule has 144 valence electrons. The van der Waals surface area contributed by atoms with Gasteiger partial charge >= 0.3 is 0 Å². The van der Waals surface area contributed by atoms with Gasteiger partial charge in [-0.2, -0.15) is 0 Å². The lowest BCUT2D eigenvalue weighted by Crippen LogP contribution is -2.40. The molecule has 1 aliphatic rings. The van der Waals surface area contributed by atoms with E-state index in [0.717, 1.165) is 61.6 Å². The van der Waals surface area contributed by atoms with E-state index < -0.39 is 0 Å². The van der Waals surface area contributed by atoms with E-state index in [1.54, 1.807) is 0 Å². The van der Waals surface area contributed by atoms with Crippen LogP contribution in [-0.2, 0) is 24.2 Å². The van der Waals surface area contributed by atoms with Crippen LogP contribution in [0.25, 0.3) is 0 Å². The van der Waals surface area contributed by atoms with E-state index in [1.165, 1.54) is 11.1 Å². The van der Waals surface area contributed by atoms with E-state index in [9.17, 15) is 4.79 Å². The zero-order valence-corrected chi connectivity index (χ0v) is 17.1. The molecule has 0 radical (unpaired) electrons. The van der Waals surface area contributed by atoms with Crippen LogP contribution < -0.4 is 5.32 Å². The summed E-state index contributed by atoms with van der Waals surface area (Å²) >= 11 is 6.31. The maximum atomic E-state index is 13.0. The predicted molar refractivity (Wildman–Crippen MR) is 113 cm³/mol. The lowest BCUT2D eigenvalue weighted by Gasteiger charge is -2.32. The molecular weight excluding hydrogens is 356 g/mol. The van der Waals surface area contributed by atoms with Crippen LogP contribution in [-0.4, -0.2) is 23.9 Å². The summed E-state index contributed by atoms with van der Waals surface area (Å²) in [5.74, 6) is 0.172. The van der Waals surface area contributed by atoms with Crippen LogP contribution in [0, 0.1) is 5.92 Å². The standard InChI is InChI=1S/C23H29ClN2O/c1-3-17-10-7-11-18(4-2)22(17)25-23(27)20-12-8-14-26(16-20)15-19-9-5-6-13-21(19)24/h5-7,9-11,13,20H,3-4,8,12,14-16H2,1-2H3,(H,25,27). The molecule has 0 spiro atoms. The summed E-state index contributed by atoms with van der Waals surface area (Å²) in [4.78, 5) is 15.4. The third-order valence-corrected chi connectivity index (χ3v) is 5.84.